The van der Waals surface area contributed by atoms with Crippen LogP contribution in [0.25, 0.3) is 0 Å². The Balaban J connectivity index is 2.48. The largest absolute Gasteiger partial charge is 0.324 e. The highest BCUT2D eigenvalue weighted by atomic mass is 15.1. The Hall–Kier alpha value is -0.340. The fraction of sp³-hybridized carbons (Fsp3) is 0.750. The van der Waals surface area contributed by atoms with Crippen LogP contribution in [0.2, 0.25) is 0 Å². The lowest BCUT2D eigenvalue weighted by Crippen LogP contribution is -2.29. The van der Waals surface area contributed by atoms with Crippen LogP contribution in [-0.2, 0) is 0 Å². The molecule has 1 aliphatic heterocycles. The third kappa shape index (κ3) is 1.82. The van der Waals surface area contributed by atoms with Gasteiger partial charge in [-0.05, 0) is 20.4 Å². The van der Waals surface area contributed by atoms with Crippen molar-refractivity contribution in [3.05, 3.63) is 11.6 Å². The van der Waals surface area contributed by atoms with Crippen molar-refractivity contribution in [3.63, 3.8) is 0 Å². The Morgan fingerprint density at radius 1 is 1.70 bits per heavy atom. The Bertz CT molecular complexity index is 138. The first kappa shape index (κ1) is 7.76. The number of nitrogens with zero attached hydrogens (tertiary/aromatic N) is 1. The van der Waals surface area contributed by atoms with Gasteiger partial charge in [-0.2, -0.15) is 0 Å². The first-order chi connectivity index (χ1) is 4.70. The van der Waals surface area contributed by atoms with Crippen LogP contribution in [0.1, 0.15) is 13.3 Å². The molecule has 0 saturated carbocycles. The van der Waals surface area contributed by atoms with E-state index in [2.05, 4.69) is 24.9 Å². The van der Waals surface area contributed by atoms with Crippen molar-refractivity contribution >= 4 is 0 Å². The molecule has 0 aliphatic carbocycles. The van der Waals surface area contributed by atoms with E-state index in [4.69, 9.17) is 5.73 Å². The van der Waals surface area contributed by atoms with E-state index in [1.54, 1.807) is 0 Å². The van der Waals surface area contributed by atoms with Crippen LogP contribution in [0.3, 0.4) is 0 Å². The highest BCUT2D eigenvalue weighted by molar-refractivity contribution is 5.12. The van der Waals surface area contributed by atoms with Gasteiger partial charge in [-0.25, -0.2) is 0 Å². The molecule has 1 rings (SSSR count). The molecule has 2 N–H and O–H groups in total. The molecule has 1 aliphatic rings. The van der Waals surface area contributed by atoms with Gasteiger partial charge in [0.15, 0.2) is 0 Å². The van der Waals surface area contributed by atoms with Gasteiger partial charge in [0, 0.05) is 19.1 Å². The van der Waals surface area contributed by atoms with Crippen LogP contribution in [0.4, 0.5) is 0 Å². The van der Waals surface area contributed by atoms with E-state index in [0.717, 1.165) is 19.5 Å². The van der Waals surface area contributed by atoms with E-state index in [-0.39, 0.29) is 6.04 Å². The van der Waals surface area contributed by atoms with Crippen LogP contribution in [0.15, 0.2) is 11.6 Å². The number of nitrogens with two attached hydrogens (primary N) is 1. The predicted octanol–water partition coefficient (Wildman–Crippen LogP) is 0.595. The van der Waals surface area contributed by atoms with Crippen LogP contribution in [0, 0.1) is 0 Å². The lowest BCUT2D eigenvalue weighted by Gasteiger charge is -2.23. The molecule has 0 fully saturated rings. The molecule has 0 aromatic heterocycles. The summed E-state index contributed by atoms with van der Waals surface area (Å²) in [5, 5.41) is 0. The zero-order valence-corrected chi connectivity index (χ0v) is 6.80. The molecule has 0 saturated heterocycles. The van der Waals surface area contributed by atoms with E-state index < -0.39 is 0 Å². The minimum Gasteiger partial charge on any atom is -0.324 e. The number of rotatable bonds is 1. The second-order valence-electron chi connectivity index (χ2n) is 3.08. The fourth-order valence-electron chi connectivity index (χ4n) is 1.20. The second kappa shape index (κ2) is 3.17. The van der Waals surface area contributed by atoms with Gasteiger partial charge in [-0.3, -0.25) is 0 Å². The summed E-state index contributed by atoms with van der Waals surface area (Å²) in [5.74, 6) is 0. The van der Waals surface area contributed by atoms with Gasteiger partial charge in [0.1, 0.15) is 0 Å². The minimum atomic E-state index is 0.258. The second-order valence-corrected chi connectivity index (χ2v) is 3.08. The van der Waals surface area contributed by atoms with Crippen LogP contribution in [0.5, 0.6) is 0 Å². The fourth-order valence-corrected chi connectivity index (χ4v) is 1.20. The lowest BCUT2D eigenvalue weighted by molar-refractivity contribution is 0.354. The van der Waals surface area contributed by atoms with Gasteiger partial charge in [0.25, 0.3) is 0 Å². The first-order valence-electron chi connectivity index (χ1n) is 3.83. The van der Waals surface area contributed by atoms with E-state index in [9.17, 15) is 0 Å². The normalized spacial score (nSPS) is 24.1. The molecule has 0 aromatic rings. The van der Waals surface area contributed by atoms with Gasteiger partial charge in [-0.1, -0.05) is 11.6 Å². The van der Waals surface area contributed by atoms with Gasteiger partial charge >= 0.3 is 0 Å². The van der Waals surface area contributed by atoms with Gasteiger partial charge in [0.05, 0.1) is 0 Å². The van der Waals surface area contributed by atoms with Crippen molar-refractivity contribution in [1.82, 2.24) is 4.90 Å². The molecule has 2 heteroatoms. The predicted molar refractivity (Wildman–Crippen MR) is 43.8 cm³/mol. The Morgan fingerprint density at radius 3 is 2.80 bits per heavy atom. The molecule has 1 heterocycles. The number of hydrogen-bond acceptors (Lipinski definition) is 2. The maximum atomic E-state index is 5.73. The van der Waals surface area contributed by atoms with Gasteiger partial charge in [-0.15, -0.1) is 0 Å². The average Bonchev–Trinajstić information content (AvgIpc) is 1.88. The van der Waals surface area contributed by atoms with Crippen molar-refractivity contribution < 1.29 is 0 Å². The Labute approximate surface area is 62.7 Å². The summed E-state index contributed by atoms with van der Waals surface area (Å²) in [5.41, 5.74) is 7.14. The van der Waals surface area contributed by atoms with Crippen molar-refractivity contribution in [2.75, 3.05) is 20.1 Å². The topological polar surface area (TPSA) is 29.3 Å². The first-order valence-corrected chi connectivity index (χ1v) is 3.83. The molecule has 1 unspecified atom stereocenters. The zero-order valence-electron chi connectivity index (χ0n) is 6.80. The van der Waals surface area contributed by atoms with E-state index >= 15 is 0 Å². The summed E-state index contributed by atoms with van der Waals surface area (Å²) in [6, 6.07) is 0.258. The highest BCUT2D eigenvalue weighted by Crippen LogP contribution is 2.10. The maximum absolute atomic E-state index is 5.73. The molecule has 0 spiro atoms. The van der Waals surface area contributed by atoms with Gasteiger partial charge in [0.2, 0.25) is 0 Å². The quantitative estimate of drug-likeness (QED) is 0.540. The molecule has 0 amide bonds. The zero-order chi connectivity index (χ0) is 7.56. The van der Waals surface area contributed by atoms with Crippen molar-refractivity contribution in [1.29, 1.82) is 0 Å². The molecule has 2 nitrogen and oxygen atoms in total. The SMILES string of the molecule is CC(N)C1=CCN(C)CC1. The smallest absolute Gasteiger partial charge is 0.0225 e. The summed E-state index contributed by atoms with van der Waals surface area (Å²) < 4.78 is 0. The van der Waals surface area contributed by atoms with Crippen LogP contribution < -0.4 is 5.73 Å². The molecule has 10 heavy (non-hydrogen) atoms. The lowest BCUT2D eigenvalue weighted by atomic mass is 10.0. The summed E-state index contributed by atoms with van der Waals surface area (Å²) >= 11 is 0. The highest BCUT2D eigenvalue weighted by Gasteiger charge is 2.09. The minimum absolute atomic E-state index is 0.258. The Kier molecular flexibility index (Phi) is 2.46. The summed E-state index contributed by atoms with van der Waals surface area (Å²) in [6.07, 6.45) is 3.39. The van der Waals surface area contributed by atoms with Crippen molar-refractivity contribution in [2.45, 2.75) is 19.4 Å². The molecule has 58 valence electrons. The molecule has 0 bridgehead atoms. The van der Waals surface area contributed by atoms with Crippen LogP contribution >= 0.6 is 0 Å². The number of hydrogen-bond donors (Lipinski definition) is 1. The third-order valence-corrected chi connectivity index (χ3v) is 2.03. The molecule has 0 aromatic carbocycles. The standard InChI is InChI=1S/C8H16N2/c1-7(9)8-3-5-10(2)6-4-8/h3,7H,4-6,9H2,1-2H3. The van der Waals surface area contributed by atoms with Crippen molar-refractivity contribution in [2.24, 2.45) is 5.73 Å². The number of likely N-dealkylation sites (N-methyl/N-ethyl adjacent to an activating group) is 1. The molecule has 1 atom stereocenters. The maximum Gasteiger partial charge on any atom is 0.0225 e. The molecular weight excluding hydrogens is 124 g/mol. The van der Waals surface area contributed by atoms with E-state index in [0.29, 0.717) is 0 Å². The molecular formula is C8H16N2. The average molecular weight is 140 g/mol. The monoisotopic (exact) mass is 140 g/mol. The summed E-state index contributed by atoms with van der Waals surface area (Å²) in [6.45, 7) is 4.28. The third-order valence-electron chi connectivity index (χ3n) is 2.03. The van der Waals surface area contributed by atoms with Gasteiger partial charge < -0.3 is 10.6 Å². The summed E-state index contributed by atoms with van der Waals surface area (Å²) in [4.78, 5) is 2.30. The van der Waals surface area contributed by atoms with E-state index in [1.807, 2.05) is 0 Å². The van der Waals surface area contributed by atoms with Crippen molar-refractivity contribution in [3.8, 4) is 0 Å². The van der Waals surface area contributed by atoms with Crippen LogP contribution in [-0.4, -0.2) is 31.1 Å². The van der Waals surface area contributed by atoms with E-state index in [1.165, 1.54) is 5.57 Å². The Morgan fingerprint density at radius 2 is 2.40 bits per heavy atom. The summed E-state index contributed by atoms with van der Waals surface area (Å²) in [7, 11) is 2.13. The molecule has 0 radical (unpaired) electrons.